The standard InChI is InChI=1S/C71H52N8O4/c1-80-55-31-35-63-59(39-55)60-40-56(81-2)32-36-64(60)78(63)53-27-23-51(24-28-53)71(49-19-15-47(16-20-49)69-74-43-72-67(76-69)45-11-7-5-8-12-45,50-21-17-48(18-22-50)70-75-44-73-68(77-70)46-13-9-6-10-14-46)52-25-29-54(30-26-52)79-65-37-33-57(82-3)41-61(65)62-42-58(83-4)34-38-66(62)79/h5-44H,1-4H3. The topological polar surface area (TPSA) is 124 Å². The number of hydrogen-bond acceptors (Lipinski definition) is 10. The van der Waals surface area contributed by atoms with E-state index in [0.29, 0.717) is 23.3 Å². The molecule has 12 heteroatoms. The molecule has 0 unspecified atom stereocenters. The lowest BCUT2D eigenvalue weighted by Crippen LogP contribution is -2.31. The van der Waals surface area contributed by atoms with Gasteiger partial charge in [-0.05, 0) is 119 Å². The highest BCUT2D eigenvalue weighted by molar-refractivity contribution is 6.11. The number of methoxy groups -OCH3 is 4. The van der Waals surface area contributed by atoms with Gasteiger partial charge in [0.05, 0.1) is 55.9 Å². The Bertz CT molecular complexity index is 4280. The van der Waals surface area contributed by atoms with E-state index in [9.17, 15) is 0 Å². The van der Waals surface area contributed by atoms with Crippen molar-refractivity contribution in [2.75, 3.05) is 28.4 Å². The Kier molecular flexibility index (Phi) is 12.7. The number of aromatic nitrogens is 8. The van der Waals surface area contributed by atoms with Gasteiger partial charge in [-0.2, -0.15) is 0 Å². The molecule has 0 bridgehead atoms. The van der Waals surface area contributed by atoms with Gasteiger partial charge in [0.15, 0.2) is 23.3 Å². The normalized spacial score (nSPS) is 11.6. The maximum Gasteiger partial charge on any atom is 0.163 e. The third-order valence-electron chi connectivity index (χ3n) is 15.8. The smallest absolute Gasteiger partial charge is 0.163 e. The van der Waals surface area contributed by atoms with Gasteiger partial charge in [-0.3, -0.25) is 0 Å². The van der Waals surface area contributed by atoms with Crippen molar-refractivity contribution in [1.82, 2.24) is 39.0 Å². The van der Waals surface area contributed by atoms with Crippen LogP contribution in [0.2, 0.25) is 0 Å². The van der Waals surface area contributed by atoms with Crippen molar-refractivity contribution in [2.24, 2.45) is 0 Å². The van der Waals surface area contributed by atoms with Crippen molar-refractivity contribution in [1.29, 1.82) is 0 Å². The zero-order chi connectivity index (χ0) is 56.0. The molecule has 0 amide bonds. The van der Waals surface area contributed by atoms with Gasteiger partial charge in [0, 0.05) is 55.2 Å². The van der Waals surface area contributed by atoms with Crippen molar-refractivity contribution < 1.29 is 18.9 Å². The Morgan fingerprint density at radius 1 is 0.289 bits per heavy atom. The average Bonchev–Trinajstić information content (AvgIpc) is 4.30. The highest BCUT2D eigenvalue weighted by atomic mass is 16.5. The summed E-state index contributed by atoms with van der Waals surface area (Å²) in [6.07, 6.45) is 3.16. The van der Waals surface area contributed by atoms with Crippen molar-refractivity contribution in [3.05, 3.63) is 265 Å². The molecule has 0 saturated heterocycles. The van der Waals surface area contributed by atoms with Crippen molar-refractivity contribution in [3.8, 4) is 79.9 Å². The Morgan fingerprint density at radius 3 is 0.831 bits per heavy atom. The summed E-state index contributed by atoms with van der Waals surface area (Å²) >= 11 is 0. The summed E-state index contributed by atoms with van der Waals surface area (Å²) in [7, 11) is 6.79. The molecule has 0 atom stereocenters. The first-order valence-corrected chi connectivity index (χ1v) is 27.2. The predicted molar refractivity (Wildman–Crippen MR) is 328 cm³/mol. The fraction of sp³-hybridized carbons (Fsp3) is 0.0704. The highest BCUT2D eigenvalue weighted by Crippen LogP contribution is 2.48. The zero-order valence-electron chi connectivity index (χ0n) is 45.8. The van der Waals surface area contributed by atoms with E-state index in [-0.39, 0.29) is 0 Å². The molecule has 0 N–H and O–H groups in total. The molecular formula is C71H52N8O4. The lowest BCUT2D eigenvalue weighted by molar-refractivity contribution is 0.415. The molecule has 0 aliphatic heterocycles. The van der Waals surface area contributed by atoms with Gasteiger partial charge in [-0.15, -0.1) is 0 Å². The Hall–Kier alpha value is -11.0. The van der Waals surface area contributed by atoms with E-state index in [4.69, 9.17) is 28.9 Å². The lowest BCUT2D eigenvalue weighted by Gasteiger charge is -2.37. The molecule has 0 aliphatic rings. The second-order valence-corrected chi connectivity index (χ2v) is 20.2. The van der Waals surface area contributed by atoms with Crippen molar-refractivity contribution in [3.63, 3.8) is 0 Å². The quantitative estimate of drug-likeness (QED) is 0.0972. The Balaban J connectivity index is 0.984. The van der Waals surface area contributed by atoms with Crippen LogP contribution in [0.5, 0.6) is 23.0 Å². The fourth-order valence-corrected chi connectivity index (χ4v) is 11.8. The molecule has 10 aromatic carbocycles. The minimum atomic E-state index is -0.931. The number of benzene rings is 10. The van der Waals surface area contributed by atoms with Gasteiger partial charge >= 0.3 is 0 Å². The maximum absolute atomic E-state index is 5.75. The van der Waals surface area contributed by atoms with Crippen LogP contribution in [-0.4, -0.2) is 67.5 Å². The van der Waals surface area contributed by atoms with Crippen LogP contribution < -0.4 is 18.9 Å². The van der Waals surface area contributed by atoms with Crippen LogP contribution >= 0.6 is 0 Å². The van der Waals surface area contributed by atoms with Crippen LogP contribution in [0, 0.1) is 0 Å². The van der Waals surface area contributed by atoms with E-state index >= 15 is 0 Å². The van der Waals surface area contributed by atoms with Crippen molar-refractivity contribution in [2.45, 2.75) is 5.41 Å². The molecule has 14 aromatic rings. The molecule has 14 rings (SSSR count). The van der Waals surface area contributed by atoms with Crippen LogP contribution in [0.25, 0.3) is 101 Å². The first-order valence-electron chi connectivity index (χ1n) is 27.2. The molecular weight excluding hydrogens is 1030 g/mol. The van der Waals surface area contributed by atoms with Crippen LogP contribution in [0.3, 0.4) is 0 Å². The van der Waals surface area contributed by atoms with Crippen LogP contribution in [-0.2, 0) is 5.41 Å². The third-order valence-corrected chi connectivity index (χ3v) is 15.8. The van der Waals surface area contributed by atoms with Gasteiger partial charge in [0.2, 0.25) is 0 Å². The molecule has 0 aliphatic carbocycles. The molecule has 0 spiro atoms. The number of nitrogens with zero attached hydrogens (tertiary/aromatic N) is 8. The first kappa shape index (κ1) is 50.3. The van der Waals surface area contributed by atoms with Gasteiger partial charge in [0.1, 0.15) is 35.7 Å². The number of fused-ring (bicyclic) bond motifs is 6. The van der Waals surface area contributed by atoms with Gasteiger partial charge in [-0.25, -0.2) is 29.9 Å². The van der Waals surface area contributed by atoms with Crippen LogP contribution in [0.1, 0.15) is 22.3 Å². The van der Waals surface area contributed by atoms with Crippen LogP contribution in [0.15, 0.2) is 243 Å². The van der Waals surface area contributed by atoms with Gasteiger partial charge < -0.3 is 28.1 Å². The summed E-state index contributed by atoms with van der Waals surface area (Å²) in [5, 5.41) is 4.23. The highest BCUT2D eigenvalue weighted by Gasteiger charge is 2.39. The molecule has 400 valence electrons. The van der Waals surface area contributed by atoms with Gasteiger partial charge in [-0.1, -0.05) is 133 Å². The van der Waals surface area contributed by atoms with E-state index in [1.807, 2.05) is 84.9 Å². The first-order chi connectivity index (χ1) is 40.9. The minimum absolute atomic E-state index is 0.573. The summed E-state index contributed by atoms with van der Waals surface area (Å²) in [6.45, 7) is 0. The Labute approximate surface area is 478 Å². The van der Waals surface area contributed by atoms with E-state index in [0.717, 1.165) is 122 Å². The van der Waals surface area contributed by atoms with Crippen molar-refractivity contribution >= 4 is 43.6 Å². The lowest BCUT2D eigenvalue weighted by atomic mass is 9.65. The summed E-state index contributed by atoms with van der Waals surface area (Å²) in [4.78, 5) is 28.4. The van der Waals surface area contributed by atoms with E-state index in [1.54, 1.807) is 41.1 Å². The molecule has 4 heterocycles. The molecule has 0 saturated carbocycles. The summed E-state index contributed by atoms with van der Waals surface area (Å²) in [5.41, 5.74) is 12.9. The second kappa shape index (κ2) is 20.9. The number of rotatable bonds is 14. The molecule has 0 fully saturated rings. The largest absolute Gasteiger partial charge is 0.497 e. The molecule has 0 radical (unpaired) electrons. The SMILES string of the molecule is COc1ccc2c(c1)c1cc(OC)ccc1n2-c1ccc(C(c2ccc(-c3ncnc(-c4ccccc4)n3)cc2)(c2ccc(-c3ncnc(-c4ccccc4)n3)cc2)c2ccc(-n3c4ccc(OC)cc4c4cc(OC)ccc43)cc2)cc1. The molecule has 4 aromatic heterocycles. The molecule has 83 heavy (non-hydrogen) atoms. The maximum atomic E-state index is 5.75. The predicted octanol–water partition coefficient (Wildman–Crippen LogP) is 15.3. The summed E-state index contributed by atoms with van der Waals surface area (Å²) in [6, 6.07) is 80.1. The third kappa shape index (κ3) is 8.72. The Morgan fingerprint density at radius 2 is 0.554 bits per heavy atom. The minimum Gasteiger partial charge on any atom is -0.497 e. The fourth-order valence-electron chi connectivity index (χ4n) is 11.8. The molecule has 12 nitrogen and oxygen atoms in total. The summed E-state index contributed by atoms with van der Waals surface area (Å²) in [5.74, 6) is 5.47. The zero-order valence-corrected chi connectivity index (χ0v) is 45.8. The van der Waals surface area contributed by atoms with Gasteiger partial charge in [0.25, 0.3) is 0 Å². The second-order valence-electron chi connectivity index (χ2n) is 20.2. The van der Waals surface area contributed by atoms with E-state index < -0.39 is 5.41 Å². The van der Waals surface area contributed by atoms with E-state index in [2.05, 4.69) is 175 Å². The van der Waals surface area contributed by atoms with Crippen LogP contribution in [0.4, 0.5) is 0 Å². The number of ether oxygens (including phenoxy) is 4. The van der Waals surface area contributed by atoms with E-state index in [1.165, 1.54) is 0 Å². The summed E-state index contributed by atoms with van der Waals surface area (Å²) < 4.78 is 27.6. The number of hydrogen-bond donors (Lipinski definition) is 0. The monoisotopic (exact) mass is 1080 g/mol. The average molecular weight is 1080 g/mol.